The highest BCUT2D eigenvalue weighted by molar-refractivity contribution is 6.90. The first-order valence-corrected chi connectivity index (χ1v) is 52.3. The number of hydrogen-bond donors (Lipinski definition) is 0. The molecule has 1 aliphatic carbocycles. The molecule has 0 N–H and O–H groups in total. The predicted octanol–water partition coefficient (Wildman–Crippen LogP) is 17.0. The average molecular weight is 1240 g/mol. The molecule has 0 amide bonds. The third kappa shape index (κ3) is 16.8. The molecule has 0 spiro atoms. The molecule has 7 rings (SSSR count). The Hall–Kier alpha value is -4.64. The monoisotopic (exact) mass is 1230 g/mol. The molecule has 2 atom stereocenters. The molecule has 0 fully saturated rings. The number of carbonyl (C=O) groups excluding carboxylic acids is 2. The lowest BCUT2D eigenvalue weighted by Crippen LogP contribution is -2.58. The molecule has 6 aromatic rings. The van der Waals surface area contributed by atoms with E-state index in [2.05, 4.69) is 154 Å². The molecule has 0 aliphatic heterocycles. The Morgan fingerprint density at radius 3 is 1.01 bits per heavy atom. The minimum absolute atomic E-state index is 0.331. The van der Waals surface area contributed by atoms with Gasteiger partial charge in [-0.25, -0.2) is 9.59 Å². The lowest BCUT2D eigenvalue weighted by molar-refractivity contribution is 0.150. The van der Waals surface area contributed by atoms with Crippen LogP contribution in [0.3, 0.4) is 0 Å². The number of fused-ring (bicyclic) bond motifs is 3. The number of carbonyl (C=O) groups is 2. The summed E-state index contributed by atoms with van der Waals surface area (Å²) in [6.07, 6.45) is -1.76. The van der Waals surface area contributed by atoms with E-state index in [9.17, 15) is 9.59 Å². The SMILES string of the molecule is Cc1ccc(C2(c3ccc(C)c(OC(=O)Oc4ccccc4C[Si](C)(O[Si](C)(C)C)O[Si](C)(C)O[Si](C)(C)C)c3)c3ccccc3-c3ccccc32)cc1OC(=O)Oc1ccccc1C[Si](C)(O[Si](C)(C)C)O[Si](C)(C)O[Si](C)(C)C. The first kappa shape index (κ1) is 63.9. The van der Waals surface area contributed by atoms with Crippen molar-refractivity contribution in [3.63, 3.8) is 0 Å². The molecule has 0 radical (unpaired) electrons. The summed E-state index contributed by atoms with van der Waals surface area (Å²) in [6, 6.07) is 44.5. The van der Waals surface area contributed by atoms with Crippen LogP contribution in [0.1, 0.15) is 44.5 Å². The summed E-state index contributed by atoms with van der Waals surface area (Å²) in [4.78, 5) is 28.5. The minimum atomic E-state index is -2.97. The minimum Gasteiger partial charge on any atom is -0.437 e. The molecular weight excluding hydrogens is 1150 g/mol. The van der Waals surface area contributed by atoms with Gasteiger partial charge >= 0.3 is 46.6 Å². The van der Waals surface area contributed by atoms with Crippen molar-refractivity contribution < 1.29 is 53.2 Å². The summed E-state index contributed by atoms with van der Waals surface area (Å²) in [5.41, 5.74) is 7.83. The van der Waals surface area contributed by atoms with Crippen molar-refractivity contribution in [1.29, 1.82) is 0 Å². The highest BCUT2D eigenvalue weighted by Crippen LogP contribution is 2.57. The zero-order chi connectivity index (χ0) is 59.8. The van der Waals surface area contributed by atoms with E-state index in [1.54, 1.807) is 12.1 Å². The molecule has 81 heavy (non-hydrogen) atoms. The van der Waals surface area contributed by atoms with Crippen molar-refractivity contribution in [2.75, 3.05) is 0 Å². The van der Waals surface area contributed by atoms with Gasteiger partial charge in [0, 0.05) is 12.1 Å². The van der Waals surface area contributed by atoms with Gasteiger partial charge in [-0.05, 0) is 212 Å². The van der Waals surface area contributed by atoms with E-state index in [0.717, 1.165) is 55.6 Å². The maximum absolute atomic E-state index is 14.2. The summed E-state index contributed by atoms with van der Waals surface area (Å²) in [5, 5.41) is 0. The van der Waals surface area contributed by atoms with Crippen molar-refractivity contribution in [2.24, 2.45) is 0 Å². The molecule has 0 bridgehead atoms. The fourth-order valence-corrected chi connectivity index (χ4v) is 47.3. The Labute approximate surface area is 491 Å². The number of rotatable bonds is 22. The zero-order valence-electron chi connectivity index (χ0n) is 51.5. The lowest BCUT2D eigenvalue weighted by atomic mass is 9.67. The van der Waals surface area contributed by atoms with Gasteiger partial charge in [-0.15, -0.1) is 0 Å². The smallest absolute Gasteiger partial charge is 0.437 e. The average Bonchev–Trinajstić information content (AvgIpc) is 3.59. The molecule has 6 aromatic carbocycles. The summed E-state index contributed by atoms with van der Waals surface area (Å²) >= 11 is 0. The fraction of sp³-hybridized carbons (Fsp3) is 0.377. The molecule has 20 heteroatoms. The van der Waals surface area contributed by atoms with Crippen LogP contribution < -0.4 is 18.9 Å². The molecule has 0 saturated heterocycles. The number of hydrogen-bond acceptors (Lipinski definition) is 12. The van der Waals surface area contributed by atoms with E-state index >= 15 is 0 Å². The van der Waals surface area contributed by atoms with Crippen molar-refractivity contribution in [3.05, 3.63) is 178 Å². The molecule has 2 unspecified atom stereocenters. The van der Waals surface area contributed by atoms with Gasteiger partial charge in [-0.2, -0.15) is 0 Å². The maximum Gasteiger partial charge on any atom is 0.519 e. The first-order valence-electron chi connectivity index (χ1n) is 27.9. The van der Waals surface area contributed by atoms with Crippen molar-refractivity contribution >= 4 is 79.8 Å². The van der Waals surface area contributed by atoms with E-state index < -0.39 is 85.2 Å². The van der Waals surface area contributed by atoms with Crippen LogP contribution in [0, 0.1) is 13.8 Å². The molecule has 1 aliphatic rings. The lowest BCUT2D eigenvalue weighted by Gasteiger charge is -2.41. The van der Waals surface area contributed by atoms with Crippen LogP contribution >= 0.6 is 0 Å². The zero-order valence-corrected chi connectivity index (χ0v) is 59.5. The highest BCUT2D eigenvalue weighted by atomic mass is 28.5. The molecular formula is C61H86O12Si8. The first-order chi connectivity index (χ1) is 37.4. The molecule has 434 valence electrons. The van der Waals surface area contributed by atoms with Gasteiger partial charge in [-0.1, -0.05) is 109 Å². The van der Waals surface area contributed by atoms with E-state index in [0.29, 0.717) is 35.1 Å². The van der Waals surface area contributed by atoms with Gasteiger partial charge < -0.3 is 43.6 Å². The van der Waals surface area contributed by atoms with Crippen LogP contribution in [0.5, 0.6) is 23.0 Å². The van der Waals surface area contributed by atoms with Gasteiger partial charge in [0.05, 0.1) is 5.41 Å². The van der Waals surface area contributed by atoms with Gasteiger partial charge in [0.1, 0.15) is 23.0 Å². The third-order valence-corrected chi connectivity index (χ3v) is 39.6. The van der Waals surface area contributed by atoms with Crippen molar-refractivity contribution in [3.8, 4) is 34.1 Å². The Kier molecular flexibility index (Phi) is 19.1. The Bertz CT molecular complexity index is 3040. The van der Waals surface area contributed by atoms with Crippen molar-refractivity contribution in [1.82, 2.24) is 0 Å². The van der Waals surface area contributed by atoms with Gasteiger partial charge in [-0.3, -0.25) is 0 Å². The highest BCUT2D eigenvalue weighted by Gasteiger charge is 2.49. The normalized spacial score (nSPS) is 15.2. The van der Waals surface area contributed by atoms with Crippen LogP contribution in [0.4, 0.5) is 9.59 Å². The third-order valence-electron chi connectivity index (χ3n) is 13.0. The topological polar surface area (TPSA) is 126 Å². The van der Waals surface area contributed by atoms with E-state index in [-0.39, 0.29) is 0 Å². The van der Waals surface area contributed by atoms with Crippen LogP contribution in [0.2, 0.25) is 118 Å². The standard InChI is InChI=1S/C61H86O12Si8/c1-45-37-39-49(41-57(45)66-59(62)64-55-35-27-21-29-47(55)43-80(19,70-76(9,10)11)72-78(15,16)68-74(3,4)5)61(53-33-25-23-31-51(53)52-32-24-26-34-54(52)61)50-40-38-46(2)58(42-50)67-60(63)65-56-36-28-22-30-48(56)44-81(20,71-77(12,13)14)73-79(17,18)69-75(6,7)8/h21-42H,43-44H2,1-20H3. The predicted molar refractivity (Wildman–Crippen MR) is 345 cm³/mol. The Morgan fingerprint density at radius 1 is 0.358 bits per heavy atom. The Morgan fingerprint density at radius 2 is 0.667 bits per heavy atom. The van der Waals surface area contributed by atoms with Crippen LogP contribution in [-0.4, -0.2) is 79.8 Å². The molecule has 0 saturated carbocycles. The van der Waals surface area contributed by atoms with Gasteiger partial charge in [0.15, 0.2) is 33.3 Å². The summed E-state index contributed by atoms with van der Waals surface area (Å²) in [5.74, 6) is 1.40. The second-order valence-electron chi connectivity index (χ2n) is 26.4. The molecule has 12 nitrogen and oxygen atoms in total. The summed E-state index contributed by atoms with van der Waals surface area (Å²) < 4.78 is 66.0. The fourth-order valence-electron chi connectivity index (χ4n) is 11.5. The van der Waals surface area contributed by atoms with Gasteiger partial charge in [0.2, 0.25) is 0 Å². The molecule has 0 aromatic heterocycles. The van der Waals surface area contributed by atoms with Gasteiger partial charge in [0.25, 0.3) is 0 Å². The maximum atomic E-state index is 14.2. The van der Waals surface area contributed by atoms with Crippen LogP contribution in [0.25, 0.3) is 11.1 Å². The number of ether oxygens (including phenoxy) is 4. The second-order valence-corrected chi connectivity index (χ2v) is 59.0. The second kappa shape index (κ2) is 24.1. The van der Waals surface area contributed by atoms with E-state index in [1.165, 1.54) is 0 Å². The molecule has 0 heterocycles. The largest absolute Gasteiger partial charge is 0.519 e. The summed E-state index contributed by atoms with van der Waals surface area (Å²) in [7, 11) is -19.3. The van der Waals surface area contributed by atoms with E-state index in [1.807, 2.05) is 98.8 Å². The summed E-state index contributed by atoms with van der Waals surface area (Å²) in [6.45, 7) is 42.3. The van der Waals surface area contributed by atoms with Crippen LogP contribution in [0.15, 0.2) is 133 Å². The number of aryl methyl sites for hydroxylation is 2. The Balaban J connectivity index is 1.22. The number of para-hydroxylation sites is 2. The van der Waals surface area contributed by atoms with Crippen LogP contribution in [-0.2, 0) is 42.2 Å². The van der Waals surface area contributed by atoms with E-state index in [4.69, 9.17) is 43.6 Å². The number of benzene rings is 6. The van der Waals surface area contributed by atoms with Crippen molar-refractivity contribution in [2.45, 2.75) is 149 Å². The quantitative estimate of drug-likeness (QED) is 0.0364.